The SMILES string of the molecule is CCNC(=NCC(OC)C(C)(C)C)NCCS(=O)(=O)NCc1ccccc1. The molecule has 0 fully saturated rings. The van der Waals surface area contributed by atoms with E-state index in [9.17, 15) is 8.42 Å². The average molecular weight is 399 g/mol. The van der Waals surface area contributed by atoms with E-state index in [1.807, 2.05) is 37.3 Å². The van der Waals surface area contributed by atoms with Crippen LogP contribution in [0.2, 0.25) is 0 Å². The van der Waals surface area contributed by atoms with Crippen LogP contribution in [0.25, 0.3) is 0 Å². The molecule has 0 aliphatic rings. The Hall–Kier alpha value is -1.64. The number of benzene rings is 1. The summed E-state index contributed by atoms with van der Waals surface area (Å²) in [6.45, 7) is 10.0. The number of hydrogen-bond acceptors (Lipinski definition) is 4. The van der Waals surface area contributed by atoms with Crippen molar-refractivity contribution in [2.45, 2.75) is 40.3 Å². The Kier molecular flexibility index (Phi) is 9.76. The normalized spacial score (nSPS) is 14.0. The Balaban J connectivity index is 2.52. The molecule has 0 aromatic heterocycles. The predicted molar refractivity (Wildman–Crippen MR) is 111 cm³/mol. The van der Waals surface area contributed by atoms with Crippen molar-refractivity contribution in [1.82, 2.24) is 15.4 Å². The van der Waals surface area contributed by atoms with E-state index in [1.165, 1.54) is 0 Å². The van der Waals surface area contributed by atoms with Gasteiger partial charge in [0.05, 0.1) is 18.4 Å². The van der Waals surface area contributed by atoms with Crippen LogP contribution in [0.3, 0.4) is 0 Å². The molecule has 0 saturated carbocycles. The van der Waals surface area contributed by atoms with Gasteiger partial charge >= 0.3 is 0 Å². The molecule has 0 radical (unpaired) electrons. The zero-order valence-corrected chi connectivity index (χ0v) is 17.9. The number of nitrogens with one attached hydrogen (secondary N) is 3. The van der Waals surface area contributed by atoms with E-state index in [0.717, 1.165) is 5.56 Å². The first-order chi connectivity index (χ1) is 12.7. The number of sulfonamides is 1. The summed E-state index contributed by atoms with van der Waals surface area (Å²) in [7, 11) is -1.69. The summed E-state index contributed by atoms with van der Waals surface area (Å²) < 4.78 is 32.4. The van der Waals surface area contributed by atoms with Gasteiger partial charge in [0.2, 0.25) is 10.0 Å². The van der Waals surface area contributed by atoms with Crippen molar-refractivity contribution in [3.8, 4) is 0 Å². The second kappa shape index (κ2) is 11.3. The van der Waals surface area contributed by atoms with Crippen molar-refractivity contribution in [3.63, 3.8) is 0 Å². The van der Waals surface area contributed by atoms with Gasteiger partial charge in [-0.05, 0) is 17.9 Å². The Labute approximate surface area is 164 Å². The Morgan fingerprint density at radius 3 is 2.41 bits per heavy atom. The van der Waals surface area contributed by atoms with Crippen molar-refractivity contribution in [2.75, 3.05) is 32.5 Å². The molecule has 0 saturated heterocycles. The molecule has 0 spiro atoms. The van der Waals surface area contributed by atoms with Gasteiger partial charge in [-0.3, -0.25) is 4.99 Å². The van der Waals surface area contributed by atoms with Crippen LogP contribution in [0.15, 0.2) is 35.3 Å². The predicted octanol–water partition coefficient (Wildman–Crippen LogP) is 1.72. The fourth-order valence-corrected chi connectivity index (χ4v) is 3.28. The van der Waals surface area contributed by atoms with E-state index in [-0.39, 0.29) is 23.8 Å². The zero-order valence-electron chi connectivity index (χ0n) is 17.1. The molecule has 154 valence electrons. The van der Waals surface area contributed by atoms with Gasteiger partial charge in [0, 0.05) is 26.7 Å². The third-order valence-electron chi connectivity index (χ3n) is 4.01. The highest BCUT2D eigenvalue weighted by molar-refractivity contribution is 7.89. The van der Waals surface area contributed by atoms with E-state index in [0.29, 0.717) is 25.6 Å². The largest absolute Gasteiger partial charge is 0.379 e. The zero-order chi connectivity index (χ0) is 20.3. The van der Waals surface area contributed by atoms with Gasteiger partial charge in [-0.2, -0.15) is 0 Å². The highest BCUT2D eigenvalue weighted by Crippen LogP contribution is 2.21. The van der Waals surface area contributed by atoms with Crippen LogP contribution in [-0.4, -0.2) is 53.0 Å². The Bertz CT molecular complexity index is 670. The summed E-state index contributed by atoms with van der Waals surface area (Å²) in [6.07, 6.45) is -0.0239. The van der Waals surface area contributed by atoms with Gasteiger partial charge < -0.3 is 15.4 Å². The molecule has 0 aliphatic carbocycles. The van der Waals surface area contributed by atoms with Gasteiger partial charge in [-0.15, -0.1) is 0 Å². The molecule has 27 heavy (non-hydrogen) atoms. The van der Waals surface area contributed by atoms with E-state index in [1.54, 1.807) is 7.11 Å². The molecule has 1 atom stereocenters. The third-order valence-corrected chi connectivity index (χ3v) is 5.34. The summed E-state index contributed by atoms with van der Waals surface area (Å²) in [5, 5.41) is 6.20. The molecule has 0 bridgehead atoms. The lowest BCUT2D eigenvalue weighted by molar-refractivity contribution is 0.0241. The molecule has 1 rings (SSSR count). The molecule has 0 aliphatic heterocycles. The van der Waals surface area contributed by atoms with Crippen LogP contribution in [0.1, 0.15) is 33.3 Å². The van der Waals surface area contributed by atoms with Crippen LogP contribution in [0, 0.1) is 5.41 Å². The van der Waals surface area contributed by atoms with Crippen LogP contribution in [-0.2, 0) is 21.3 Å². The van der Waals surface area contributed by atoms with Gasteiger partial charge in [0.25, 0.3) is 0 Å². The second-order valence-electron chi connectivity index (χ2n) is 7.36. The fourth-order valence-electron chi connectivity index (χ4n) is 2.38. The van der Waals surface area contributed by atoms with Crippen molar-refractivity contribution in [1.29, 1.82) is 0 Å². The van der Waals surface area contributed by atoms with E-state index in [4.69, 9.17) is 4.74 Å². The maximum Gasteiger partial charge on any atom is 0.213 e. The molecule has 8 heteroatoms. The van der Waals surface area contributed by atoms with Crippen LogP contribution in [0.5, 0.6) is 0 Å². The first-order valence-corrected chi connectivity index (χ1v) is 10.9. The molecule has 1 aromatic rings. The number of rotatable bonds is 10. The van der Waals surface area contributed by atoms with Gasteiger partial charge in [0.15, 0.2) is 5.96 Å². The molecule has 0 amide bonds. The maximum atomic E-state index is 12.2. The summed E-state index contributed by atoms with van der Waals surface area (Å²) in [5.41, 5.74) is 0.900. The lowest BCUT2D eigenvalue weighted by atomic mass is 9.89. The summed E-state index contributed by atoms with van der Waals surface area (Å²) in [4.78, 5) is 4.52. The topological polar surface area (TPSA) is 91.8 Å². The number of guanidine groups is 1. The van der Waals surface area contributed by atoms with E-state index >= 15 is 0 Å². The number of ether oxygens (including phenoxy) is 1. The highest BCUT2D eigenvalue weighted by atomic mass is 32.2. The molecular weight excluding hydrogens is 364 g/mol. The minimum Gasteiger partial charge on any atom is -0.379 e. The molecule has 7 nitrogen and oxygen atoms in total. The van der Waals surface area contributed by atoms with Crippen molar-refractivity contribution >= 4 is 16.0 Å². The fraction of sp³-hybridized carbons (Fsp3) is 0.632. The molecule has 1 aromatic carbocycles. The minimum atomic E-state index is -3.37. The number of aliphatic imine (C=N–C) groups is 1. The van der Waals surface area contributed by atoms with E-state index in [2.05, 4.69) is 41.1 Å². The molecule has 3 N–H and O–H groups in total. The number of hydrogen-bond donors (Lipinski definition) is 3. The Morgan fingerprint density at radius 1 is 1.19 bits per heavy atom. The lowest BCUT2D eigenvalue weighted by Crippen LogP contribution is -2.42. The summed E-state index contributed by atoms with van der Waals surface area (Å²) in [5.74, 6) is 0.555. The van der Waals surface area contributed by atoms with Crippen molar-refractivity contribution in [2.24, 2.45) is 10.4 Å². The van der Waals surface area contributed by atoms with Crippen molar-refractivity contribution in [3.05, 3.63) is 35.9 Å². The molecule has 0 heterocycles. The summed E-state index contributed by atoms with van der Waals surface area (Å²) in [6, 6.07) is 9.44. The van der Waals surface area contributed by atoms with Gasteiger partial charge in [-0.1, -0.05) is 51.1 Å². The molecular formula is C19H34N4O3S. The monoisotopic (exact) mass is 398 g/mol. The second-order valence-corrected chi connectivity index (χ2v) is 9.29. The standard InChI is InChI=1S/C19H34N4O3S/c1-6-20-18(22-15-17(26-5)19(2,3)4)21-12-13-27(24,25)23-14-16-10-8-7-9-11-16/h7-11,17,23H,6,12-15H2,1-5H3,(H2,20,21,22). The molecule has 1 unspecified atom stereocenters. The van der Waals surface area contributed by atoms with Gasteiger partial charge in [-0.25, -0.2) is 13.1 Å². The van der Waals surface area contributed by atoms with Crippen LogP contribution >= 0.6 is 0 Å². The quantitative estimate of drug-likeness (QED) is 0.412. The average Bonchev–Trinajstić information content (AvgIpc) is 2.60. The lowest BCUT2D eigenvalue weighted by Gasteiger charge is -2.28. The first-order valence-electron chi connectivity index (χ1n) is 9.24. The highest BCUT2D eigenvalue weighted by Gasteiger charge is 2.24. The number of methoxy groups -OCH3 is 1. The van der Waals surface area contributed by atoms with Crippen LogP contribution < -0.4 is 15.4 Å². The van der Waals surface area contributed by atoms with E-state index < -0.39 is 10.0 Å². The van der Waals surface area contributed by atoms with Gasteiger partial charge in [0.1, 0.15) is 0 Å². The minimum absolute atomic E-state index is 0.0239. The maximum absolute atomic E-state index is 12.2. The first kappa shape index (κ1) is 23.4. The number of nitrogens with zero attached hydrogens (tertiary/aromatic N) is 1. The third kappa shape index (κ3) is 9.74. The summed E-state index contributed by atoms with van der Waals surface area (Å²) >= 11 is 0. The Morgan fingerprint density at radius 2 is 1.85 bits per heavy atom. The van der Waals surface area contributed by atoms with Crippen LogP contribution in [0.4, 0.5) is 0 Å². The smallest absolute Gasteiger partial charge is 0.213 e. The van der Waals surface area contributed by atoms with Crippen molar-refractivity contribution < 1.29 is 13.2 Å².